The summed E-state index contributed by atoms with van der Waals surface area (Å²) in [6.07, 6.45) is 3.96. The maximum Gasteiger partial charge on any atom is 0.255 e. The molecule has 7 nitrogen and oxygen atoms in total. The van der Waals surface area contributed by atoms with Gasteiger partial charge in [-0.15, -0.1) is 11.3 Å². The molecule has 4 rings (SSSR count). The summed E-state index contributed by atoms with van der Waals surface area (Å²) >= 11 is 1.57. The monoisotopic (exact) mass is 411 g/mol. The fourth-order valence-electron chi connectivity index (χ4n) is 3.54. The lowest BCUT2D eigenvalue weighted by Crippen LogP contribution is -2.25. The molecule has 2 N–H and O–H groups in total. The number of thiophene rings is 1. The van der Waals surface area contributed by atoms with Gasteiger partial charge in [-0.1, -0.05) is 26.8 Å². The Labute approximate surface area is 173 Å². The van der Waals surface area contributed by atoms with E-state index in [1.807, 2.05) is 44.4 Å². The quantitative estimate of drug-likeness (QED) is 0.680. The summed E-state index contributed by atoms with van der Waals surface area (Å²) in [7, 11) is 0. The van der Waals surface area contributed by atoms with Crippen molar-refractivity contribution in [3.63, 3.8) is 0 Å². The van der Waals surface area contributed by atoms with Gasteiger partial charge >= 0.3 is 0 Å². The van der Waals surface area contributed by atoms with E-state index in [0.717, 1.165) is 47.5 Å². The van der Waals surface area contributed by atoms with Gasteiger partial charge in [0.1, 0.15) is 11.5 Å². The van der Waals surface area contributed by atoms with Crippen LogP contribution in [0.15, 0.2) is 28.4 Å². The van der Waals surface area contributed by atoms with Crippen LogP contribution in [-0.4, -0.2) is 25.7 Å². The largest absolute Gasteiger partial charge is 0.310 e. The topological polar surface area (TPSA) is 92.7 Å². The molecule has 1 aliphatic rings. The number of nitrogens with one attached hydrogen (secondary N) is 2. The molecule has 0 saturated heterocycles. The van der Waals surface area contributed by atoms with Crippen LogP contribution in [-0.2, 0) is 17.6 Å². The number of H-pyrrole nitrogens is 1. The Morgan fingerprint density at radius 2 is 2.10 bits per heavy atom. The smallest absolute Gasteiger partial charge is 0.255 e. The Kier molecular flexibility index (Phi) is 5.12. The molecule has 1 amide bonds. The summed E-state index contributed by atoms with van der Waals surface area (Å²) in [6, 6.07) is 5.75. The van der Waals surface area contributed by atoms with E-state index in [0.29, 0.717) is 18.2 Å². The number of hydrogen-bond donors (Lipinski definition) is 2. The molecule has 152 valence electrons. The first-order valence-corrected chi connectivity index (χ1v) is 10.7. The van der Waals surface area contributed by atoms with Crippen molar-refractivity contribution in [2.24, 2.45) is 5.41 Å². The first-order chi connectivity index (χ1) is 13.8. The molecule has 29 heavy (non-hydrogen) atoms. The predicted molar refractivity (Wildman–Crippen MR) is 115 cm³/mol. The molecule has 0 saturated carbocycles. The van der Waals surface area contributed by atoms with Crippen LogP contribution in [0.1, 0.15) is 51.3 Å². The Balaban J connectivity index is 1.76. The standard InChI is InChI=1S/C21H25N5O2S/c1-21(2,3)12-18(27)23-17-11-15(16-9-6-10-29-16)25-26(17)20-22-14-8-5-4-7-13(14)19(28)24-20/h6,9-11H,4-5,7-8,12H2,1-3H3,(H,23,27)(H,22,24,28). The number of carbonyl (C=O) groups is 1. The van der Waals surface area contributed by atoms with E-state index in [9.17, 15) is 9.59 Å². The second-order valence-electron chi connectivity index (χ2n) is 8.61. The third-order valence-electron chi connectivity index (χ3n) is 4.82. The van der Waals surface area contributed by atoms with E-state index >= 15 is 0 Å². The molecule has 3 aromatic heterocycles. The van der Waals surface area contributed by atoms with Crippen molar-refractivity contribution < 1.29 is 4.79 Å². The van der Waals surface area contributed by atoms with Crippen LogP contribution in [0.5, 0.6) is 0 Å². The van der Waals surface area contributed by atoms with Crippen molar-refractivity contribution in [2.75, 3.05) is 5.32 Å². The summed E-state index contributed by atoms with van der Waals surface area (Å²) in [4.78, 5) is 33.7. The molecule has 0 bridgehead atoms. The maximum atomic E-state index is 12.6. The van der Waals surface area contributed by atoms with E-state index in [2.05, 4.69) is 20.4 Å². The average molecular weight is 412 g/mol. The Morgan fingerprint density at radius 1 is 1.31 bits per heavy atom. The van der Waals surface area contributed by atoms with Gasteiger partial charge in [-0.3, -0.25) is 14.6 Å². The van der Waals surface area contributed by atoms with Crippen LogP contribution in [0.4, 0.5) is 5.82 Å². The van der Waals surface area contributed by atoms with Gasteiger partial charge < -0.3 is 5.32 Å². The number of nitrogens with zero attached hydrogens (tertiary/aromatic N) is 3. The number of anilines is 1. The van der Waals surface area contributed by atoms with E-state index in [-0.39, 0.29) is 16.9 Å². The van der Waals surface area contributed by atoms with Crippen molar-refractivity contribution in [3.8, 4) is 16.5 Å². The first kappa shape index (κ1) is 19.6. The van der Waals surface area contributed by atoms with Gasteiger partial charge in [-0.25, -0.2) is 4.98 Å². The number of aryl methyl sites for hydroxylation is 1. The lowest BCUT2D eigenvalue weighted by Gasteiger charge is -2.18. The molecule has 0 spiro atoms. The average Bonchev–Trinajstić information content (AvgIpc) is 3.29. The summed E-state index contributed by atoms with van der Waals surface area (Å²) in [6.45, 7) is 6.05. The number of amides is 1. The Morgan fingerprint density at radius 3 is 2.83 bits per heavy atom. The Bertz CT molecular complexity index is 1090. The number of aromatic amines is 1. The zero-order chi connectivity index (χ0) is 20.6. The van der Waals surface area contributed by atoms with Crippen LogP contribution in [0, 0.1) is 5.41 Å². The minimum Gasteiger partial charge on any atom is -0.310 e. The van der Waals surface area contributed by atoms with Gasteiger partial charge in [0.05, 0.1) is 10.6 Å². The SMILES string of the molecule is CC(C)(C)CC(=O)Nc1cc(-c2cccs2)nn1-c1nc2c(c(=O)[nH]1)CCCC2. The number of fused-ring (bicyclic) bond motifs is 1. The van der Waals surface area contributed by atoms with Gasteiger partial charge in [-0.05, 0) is 42.5 Å². The molecule has 0 unspecified atom stereocenters. The fourth-order valence-corrected chi connectivity index (χ4v) is 4.22. The second-order valence-corrected chi connectivity index (χ2v) is 9.56. The van der Waals surface area contributed by atoms with E-state index < -0.39 is 0 Å². The molecule has 8 heteroatoms. The third-order valence-corrected chi connectivity index (χ3v) is 5.71. The third kappa shape index (κ3) is 4.32. The normalized spacial score (nSPS) is 13.9. The summed E-state index contributed by atoms with van der Waals surface area (Å²) in [5.74, 6) is 0.739. The van der Waals surface area contributed by atoms with Gasteiger partial charge in [0.2, 0.25) is 11.9 Å². The zero-order valence-electron chi connectivity index (χ0n) is 16.9. The van der Waals surface area contributed by atoms with Crippen LogP contribution >= 0.6 is 11.3 Å². The highest BCUT2D eigenvalue weighted by atomic mass is 32.1. The highest BCUT2D eigenvalue weighted by molar-refractivity contribution is 7.13. The minimum atomic E-state index is -0.135. The molecule has 1 aliphatic carbocycles. The van der Waals surface area contributed by atoms with Crippen molar-refractivity contribution in [3.05, 3.63) is 45.2 Å². The lowest BCUT2D eigenvalue weighted by molar-refractivity contribution is -0.117. The number of carbonyl (C=O) groups excluding carboxylic acids is 1. The number of aromatic nitrogens is 4. The van der Waals surface area contributed by atoms with Crippen molar-refractivity contribution >= 4 is 23.1 Å². The van der Waals surface area contributed by atoms with E-state index in [1.54, 1.807) is 11.3 Å². The van der Waals surface area contributed by atoms with E-state index in [1.165, 1.54) is 4.68 Å². The van der Waals surface area contributed by atoms with Gasteiger partial charge in [0, 0.05) is 18.1 Å². The molecule has 0 aliphatic heterocycles. The second kappa shape index (κ2) is 7.59. The van der Waals surface area contributed by atoms with Gasteiger partial charge in [-0.2, -0.15) is 9.78 Å². The minimum absolute atomic E-state index is 0.100. The molecule has 3 heterocycles. The van der Waals surface area contributed by atoms with Crippen LogP contribution in [0.25, 0.3) is 16.5 Å². The van der Waals surface area contributed by atoms with E-state index in [4.69, 9.17) is 0 Å². The number of hydrogen-bond acceptors (Lipinski definition) is 5. The molecule has 0 fully saturated rings. The van der Waals surface area contributed by atoms with Crippen molar-refractivity contribution in [2.45, 2.75) is 52.9 Å². The van der Waals surface area contributed by atoms with Crippen molar-refractivity contribution in [1.82, 2.24) is 19.7 Å². The molecular weight excluding hydrogens is 386 g/mol. The summed E-state index contributed by atoms with van der Waals surface area (Å²) in [5, 5.41) is 9.57. The van der Waals surface area contributed by atoms with Gasteiger partial charge in [0.25, 0.3) is 5.56 Å². The predicted octanol–water partition coefficient (Wildman–Crippen LogP) is 3.94. The lowest BCUT2D eigenvalue weighted by atomic mass is 9.92. The summed E-state index contributed by atoms with van der Waals surface area (Å²) in [5.41, 5.74) is 2.07. The first-order valence-electron chi connectivity index (χ1n) is 9.86. The summed E-state index contributed by atoms with van der Waals surface area (Å²) < 4.78 is 1.53. The molecule has 0 atom stereocenters. The van der Waals surface area contributed by atoms with Crippen LogP contribution < -0.4 is 10.9 Å². The molecule has 0 radical (unpaired) electrons. The molecule has 3 aromatic rings. The zero-order valence-corrected chi connectivity index (χ0v) is 17.7. The van der Waals surface area contributed by atoms with Gasteiger partial charge in [0.15, 0.2) is 0 Å². The van der Waals surface area contributed by atoms with Crippen molar-refractivity contribution in [1.29, 1.82) is 0 Å². The fraction of sp³-hybridized carbons (Fsp3) is 0.429. The molecule has 0 aromatic carbocycles. The Hall–Kier alpha value is -2.74. The highest BCUT2D eigenvalue weighted by Crippen LogP contribution is 2.28. The molecular formula is C21H25N5O2S. The highest BCUT2D eigenvalue weighted by Gasteiger charge is 2.22. The van der Waals surface area contributed by atoms with Crippen LogP contribution in [0.2, 0.25) is 0 Å². The number of rotatable bonds is 4. The van der Waals surface area contributed by atoms with Crippen LogP contribution in [0.3, 0.4) is 0 Å². The maximum absolute atomic E-state index is 12.6.